The number of aliphatic hydroxyl groups is 1. The number of guanidine groups is 1. The molecule has 0 aliphatic heterocycles. The number of aliphatic imine (C=N–C) groups is 1. The molecule has 0 bridgehead atoms. The summed E-state index contributed by atoms with van der Waals surface area (Å²) in [5.74, 6) is -7.16. The van der Waals surface area contributed by atoms with E-state index in [1.807, 2.05) is 18.2 Å². The molecule has 23 nitrogen and oxygen atoms in total. The topological polar surface area (TPSA) is 387 Å². The molecular formula is C44H61N13O10. The molecule has 4 aromatic rings. The molecule has 0 fully saturated rings. The Labute approximate surface area is 385 Å². The summed E-state index contributed by atoms with van der Waals surface area (Å²) in [5.41, 5.74) is 18.9. The number of nitrogens with two attached hydrogens (primary N) is 3. The summed E-state index contributed by atoms with van der Waals surface area (Å²) in [5, 5.41) is 46.8. The molecule has 8 atom stereocenters. The number of para-hydroxylation sites is 1. The number of carbonyl (C=O) groups is 7. The van der Waals surface area contributed by atoms with Crippen LogP contribution in [0.1, 0.15) is 56.9 Å². The number of carbonyl (C=O) groups excluding carboxylic acids is 6. The number of benzene rings is 2. The summed E-state index contributed by atoms with van der Waals surface area (Å²) in [6.45, 7) is 4.24. The third-order valence-electron chi connectivity index (χ3n) is 11.0. The number of nitrogens with zero attached hydrogens (tertiary/aromatic N) is 2. The van der Waals surface area contributed by atoms with E-state index in [0.717, 1.165) is 10.9 Å². The van der Waals surface area contributed by atoms with Crippen LogP contribution in [0.5, 0.6) is 5.75 Å². The van der Waals surface area contributed by atoms with Crippen molar-refractivity contribution in [2.75, 3.05) is 13.1 Å². The van der Waals surface area contributed by atoms with Gasteiger partial charge in [0.1, 0.15) is 42.0 Å². The molecule has 0 saturated carbocycles. The Hall–Kier alpha value is -7.53. The van der Waals surface area contributed by atoms with E-state index in [-0.39, 0.29) is 50.4 Å². The zero-order valence-electron chi connectivity index (χ0n) is 37.5. The second-order valence-electron chi connectivity index (χ2n) is 16.1. The van der Waals surface area contributed by atoms with Crippen LogP contribution in [0.2, 0.25) is 0 Å². The minimum atomic E-state index is -1.67. The molecule has 0 aliphatic rings. The first kappa shape index (κ1) is 52.1. The number of hydrogen-bond donors (Lipinski definition) is 14. The molecule has 0 saturated heterocycles. The number of aliphatic hydroxyl groups excluding tert-OH is 1. The predicted octanol–water partition coefficient (Wildman–Crippen LogP) is -1.94. The molecule has 4 rings (SSSR count). The molecule has 0 unspecified atom stereocenters. The first-order valence-corrected chi connectivity index (χ1v) is 21.7. The van der Waals surface area contributed by atoms with Gasteiger partial charge in [0, 0.05) is 54.8 Å². The van der Waals surface area contributed by atoms with Crippen molar-refractivity contribution in [1.82, 2.24) is 46.9 Å². The van der Waals surface area contributed by atoms with E-state index in [1.54, 1.807) is 26.1 Å². The normalized spacial score (nSPS) is 14.7. The summed E-state index contributed by atoms with van der Waals surface area (Å²) in [6.07, 6.45) is 2.92. The van der Waals surface area contributed by atoms with Crippen molar-refractivity contribution in [1.29, 1.82) is 0 Å². The Kier molecular flexibility index (Phi) is 19.6. The van der Waals surface area contributed by atoms with Crippen LogP contribution in [0, 0.1) is 5.92 Å². The number of nitrogens with one attached hydrogen (secondary N) is 8. The van der Waals surface area contributed by atoms with Crippen LogP contribution in [0.3, 0.4) is 0 Å². The summed E-state index contributed by atoms with van der Waals surface area (Å²) in [7, 11) is 0. The number of H-pyrrole nitrogens is 2. The molecule has 2 aromatic heterocycles. The average Bonchev–Trinajstić information content (AvgIpc) is 3.97. The zero-order chi connectivity index (χ0) is 49.2. The van der Waals surface area contributed by atoms with Gasteiger partial charge in [-0.3, -0.25) is 33.8 Å². The van der Waals surface area contributed by atoms with Crippen molar-refractivity contribution in [3.05, 3.63) is 84.1 Å². The maximum Gasteiger partial charge on any atom is 0.326 e. The van der Waals surface area contributed by atoms with Gasteiger partial charge in [-0.05, 0) is 55.0 Å². The lowest BCUT2D eigenvalue weighted by atomic mass is 9.98. The number of aliphatic carboxylic acids is 1. The van der Waals surface area contributed by atoms with Gasteiger partial charge in [-0.2, -0.15) is 0 Å². The standard InChI is InChI=1S/C44H61N13O10/c1-4-23(2)36(43(66)67)56-40(63)32(16-25-11-13-28(59)14-12-25)54-38(61)31(10-7-15-49-44(46)47)53-39(62)34(18-27-21-48-22-51-27)55-42(65)37(24(3)58)57-41(64)33(52-35(60)19-45)17-26-20-50-30-9-6-5-8-29(26)30/h5-6,8-9,11-14,20-24,31-34,36-37,50,58-59H,4,7,10,15-19,45H2,1-3H3,(H,48,51)(H,52,60)(H,53,62)(H,54,61)(H,55,65)(H,56,63)(H,57,64)(H,66,67)(H4,46,47,49)/t23-,24+,31-,32-,33-,34-,36-,37-/m0/s1. The van der Waals surface area contributed by atoms with Gasteiger partial charge in [-0.15, -0.1) is 0 Å². The molecule has 2 aromatic carbocycles. The average molecular weight is 932 g/mol. The van der Waals surface area contributed by atoms with Crippen molar-refractivity contribution in [3.63, 3.8) is 0 Å². The zero-order valence-corrected chi connectivity index (χ0v) is 37.5. The van der Waals surface area contributed by atoms with Gasteiger partial charge < -0.3 is 74.4 Å². The molecule has 67 heavy (non-hydrogen) atoms. The van der Waals surface area contributed by atoms with Gasteiger partial charge in [0.2, 0.25) is 35.4 Å². The quantitative estimate of drug-likeness (QED) is 0.0185. The lowest BCUT2D eigenvalue weighted by molar-refractivity contribution is -0.143. The first-order valence-electron chi connectivity index (χ1n) is 21.7. The first-order chi connectivity index (χ1) is 31.9. The Morgan fingerprint density at radius 2 is 1.34 bits per heavy atom. The van der Waals surface area contributed by atoms with Crippen LogP contribution >= 0.6 is 0 Å². The summed E-state index contributed by atoms with van der Waals surface area (Å²) in [6, 6.07) is 4.58. The molecule has 362 valence electrons. The number of amides is 6. The highest BCUT2D eigenvalue weighted by molar-refractivity contribution is 5.97. The highest BCUT2D eigenvalue weighted by atomic mass is 16.4. The molecule has 23 heteroatoms. The van der Waals surface area contributed by atoms with E-state index < -0.39 is 96.2 Å². The van der Waals surface area contributed by atoms with Crippen LogP contribution in [0.15, 0.2) is 72.2 Å². The fourth-order valence-electron chi connectivity index (χ4n) is 7.06. The van der Waals surface area contributed by atoms with Gasteiger partial charge in [-0.1, -0.05) is 50.6 Å². The number of carboxylic acids is 1. The van der Waals surface area contributed by atoms with Crippen LogP contribution < -0.4 is 49.1 Å². The minimum absolute atomic E-state index is 0.0251. The summed E-state index contributed by atoms with van der Waals surface area (Å²) in [4.78, 5) is 109. The number of aromatic amines is 2. The van der Waals surface area contributed by atoms with E-state index >= 15 is 0 Å². The Bertz CT molecular complexity index is 2330. The highest BCUT2D eigenvalue weighted by Crippen LogP contribution is 2.20. The van der Waals surface area contributed by atoms with Gasteiger partial charge >= 0.3 is 5.97 Å². The Morgan fingerprint density at radius 3 is 1.96 bits per heavy atom. The van der Waals surface area contributed by atoms with Gasteiger partial charge in [-0.25, -0.2) is 9.78 Å². The molecule has 0 radical (unpaired) electrons. The highest BCUT2D eigenvalue weighted by Gasteiger charge is 2.36. The second kappa shape index (κ2) is 25.2. The molecule has 0 spiro atoms. The van der Waals surface area contributed by atoms with Crippen LogP contribution in [0.25, 0.3) is 10.9 Å². The minimum Gasteiger partial charge on any atom is -0.508 e. The van der Waals surface area contributed by atoms with Crippen molar-refractivity contribution in [2.45, 2.75) is 102 Å². The van der Waals surface area contributed by atoms with E-state index in [4.69, 9.17) is 17.2 Å². The van der Waals surface area contributed by atoms with Crippen molar-refractivity contribution in [3.8, 4) is 5.75 Å². The maximum absolute atomic E-state index is 14.3. The number of phenols is 1. The van der Waals surface area contributed by atoms with E-state index in [2.05, 4.69) is 51.8 Å². The number of imidazole rings is 1. The van der Waals surface area contributed by atoms with Crippen molar-refractivity contribution in [2.24, 2.45) is 28.1 Å². The number of aromatic nitrogens is 3. The smallest absolute Gasteiger partial charge is 0.326 e. The molecular weight excluding hydrogens is 871 g/mol. The fourth-order valence-corrected chi connectivity index (χ4v) is 7.06. The third-order valence-corrected chi connectivity index (χ3v) is 11.0. The van der Waals surface area contributed by atoms with Gasteiger partial charge in [0.05, 0.1) is 19.0 Å². The largest absolute Gasteiger partial charge is 0.508 e. The lowest BCUT2D eigenvalue weighted by Crippen LogP contribution is -2.62. The van der Waals surface area contributed by atoms with Crippen LogP contribution in [-0.2, 0) is 52.8 Å². The molecule has 0 aliphatic carbocycles. The number of hydrogen-bond acceptors (Lipinski definition) is 12. The van der Waals surface area contributed by atoms with E-state index in [1.165, 1.54) is 43.7 Å². The number of aromatic hydroxyl groups is 1. The van der Waals surface area contributed by atoms with E-state index in [9.17, 15) is 48.9 Å². The number of fused-ring (bicyclic) bond motifs is 1. The van der Waals surface area contributed by atoms with Crippen molar-refractivity contribution >= 4 is 58.3 Å². The fraction of sp³-hybridized carbons (Fsp3) is 0.432. The van der Waals surface area contributed by atoms with Gasteiger partial charge in [0.25, 0.3) is 0 Å². The predicted molar refractivity (Wildman–Crippen MR) is 245 cm³/mol. The van der Waals surface area contributed by atoms with Crippen LogP contribution in [0.4, 0.5) is 0 Å². The summed E-state index contributed by atoms with van der Waals surface area (Å²) < 4.78 is 0. The monoisotopic (exact) mass is 931 g/mol. The maximum atomic E-state index is 14.3. The summed E-state index contributed by atoms with van der Waals surface area (Å²) >= 11 is 0. The third kappa shape index (κ3) is 15.8. The number of phenolic OH excluding ortho intramolecular Hbond substituents is 1. The van der Waals surface area contributed by atoms with Gasteiger partial charge in [0.15, 0.2) is 5.96 Å². The molecule has 6 amide bonds. The molecule has 17 N–H and O–H groups in total. The second-order valence-corrected chi connectivity index (χ2v) is 16.1. The van der Waals surface area contributed by atoms with E-state index in [0.29, 0.717) is 23.2 Å². The number of carboxylic acid groups (broad SMARTS) is 1. The number of rotatable bonds is 26. The van der Waals surface area contributed by atoms with Crippen molar-refractivity contribution < 1.29 is 48.9 Å². The van der Waals surface area contributed by atoms with Crippen LogP contribution in [-0.4, -0.2) is 133 Å². The molecule has 2 heterocycles. The Balaban J connectivity index is 1.61. The lowest BCUT2D eigenvalue weighted by Gasteiger charge is -2.28. The Morgan fingerprint density at radius 1 is 0.746 bits per heavy atom. The SMILES string of the molecule is CC[C@H](C)[C@H](NC(=O)[C@H](Cc1ccc(O)cc1)NC(=O)[C@H](CCCN=C(N)N)NC(=O)[C@H](Cc1cnc[nH]1)NC(=O)[C@@H](NC(=O)[C@H](Cc1c[nH]c2ccccc12)NC(=O)CN)[C@@H](C)O)C(=O)O.